The molecule has 0 bridgehead atoms. The molecule has 5 heteroatoms. The van der Waals surface area contributed by atoms with Gasteiger partial charge in [-0.25, -0.2) is 4.68 Å². The summed E-state index contributed by atoms with van der Waals surface area (Å²) in [5.74, 6) is 0.751. The fraction of sp³-hybridized carbons (Fsp3) is 0.217. The quantitative estimate of drug-likeness (QED) is 0.552. The first-order chi connectivity index (χ1) is 13.6. The molecule has 144 valence electrons. The second-order valence-electron chi connectivity index (χ2n) is 6.51. The van der Waals surface area contributed by atoms with Gasteiger partial charge in [-0.05, 0) is 36.2 Å². The van der Waals surface area contributed by atoms with E-state index < -0.39 is 0 Å². The minimum Gasteiger partial charge on any atom is -0.490 e. The predicted molar refractivity (Wildman–Crippen MR) is 111 cm³/mol. The molecule has 5 nitrogen and oxygen atoms in total. The van der Waals surface area contributed by atoms with E-state index in [9.17, 15) is 4.79 Å². The van der Waals surface area contributed by atoms with Crippen molar-refractivity contribution in [1.29, 1.82) is 0 Å². The lowest BCUT2D eigenvalue weighted by atomic mass is 10.1. The van der Waals surface area contributed by atoms with E-state index >= 15 is 0 Å². The van der Waals surface area contributed by atoms with Gasteiger partial charge in [0, 0.05) is 13.6 Å². The first kappa shape index (κ1) is 19.4. The molecule has 0 aliphatic rings. The number of aromatic nitrogens is 2. The Bertz CT molecular complexity index is 930. The molecule has 0 saturated heterocycles. The molecule has 28 heavy (non-hydrogen) atoms. The van der Waals surface area contributed by atoms with Crippen LogP contribution in [0.5, 0.6) is 5.75 Å². The number of para-hydroxylation sites is 1. The Morgan fingerprint density at radius 1 is 1.18 bits per heavy atom. The van der Waals surface area contributed by atoms with Crippen LogP contribution in [0.4, 0.5) is 0 Å². The van der Waals surface area contributed by atoms with Gasteiger partial charge in [0.15, 0.2) is 0 Å². The molecule has 0 atom stereocenters. The minimum absolute atomic E-state index is 0.0361. The topological polar surface area (TPSA) is 47.4 Å². The highest BCUT2D eigenvalue weighted by atomic mass is 16.5. The van der Waals surface area contributed by atoms with E-state index in [0.29, 0.717) is 18.7 Å². The summed E-state index contributed by atoms with van der Waals surface area (Å²) in [6.45, 7) is 6.67. The summed E-state index contributed by atoms with van der Waals surface area (Å²) in [7, 11) is 1.81. The summed E-state index contributed by atoms with van der Waals surface area (Å²) >= 11 is 0. The summed E-state index contributed by atoms with van der Waals surface area (Å²) < 4.78 is 7.34. The molecule has 0 aliphatic heterocycles. The SMILES string of the molecule is C=CCOc1ccc(CN(C)C(=O)c2cnn(-c3ccccc3)c2CC)cc1. The number of carbonyl (C=O) groups is 1. The van der Waals surface area contributed by atoms with Crippen molar-refractivity contribution in [3.05, 3.63) is 90.3 Å². The van der Waals surface area contributed by atoms with Crippen LogP contribution < -0.4 is 4.74 Å². The van der Waals surface area contributed by atoms with E-state index in [0.717, 1.165) is 29.1 Å². The molecule has 0 saturated carbocycles. The second kappa shape index (κ2) is 9.04. The Morgan fingerprint density at radius 3 is 2.54 bits per heavy atom. The third-order valence-corrected chi connectivity index (χ3v) is 4.49. The molecule has 1 amide bonds. The van der Waals surface area contributed by atoms with Crippen LogP contribution in [0.25, 0.3) is 5.69 Å². The van der Waals surface area contributed by atoms with Gasteiger partial charge in [-0.1, -0.05) is 49.9 Å². The lowest BCUT2D eigenvalue weighted by Crippen LogP contribution is -2.27. The van der Waals surface area contributed by atoms with Crippen LogP contribution in [0.2, 0.25) is 0 Å². The number of rotatable bonds is 8. The summed E-state index contributed by atoms with van der Waals surface area (Å²) in [5.41, 5.74) is 3.54. The number of ether oxygens (including phenoxy) is 1. The van der Waals surface area contributed by atoms with Gasteiger partial charge in [0.05, 0.1) is 23.1 Å². The Morgan fingerprint density at radius 2 is 1.89 bits per heavy atom. The number of hydrogen-bond donors (Lipinski definition) is 0. The van der Waals surface area contributed by atoms with E-state index in [-0.39, 0.29) is 5.91 Å². The first-order valence-corrected chi connectivity index (χ1v) is 9.34. The average Bonchev–Trinajstić information content (AvgIpc) is 3.17. The van der Waals surface area contributed by atoms with Crippen molar-refractivity contribution in [2.75, 3.05) is 13.7 Å². The van der Waals surface area contributed by atoms with Gasteiger partial charge in [0.1, 0.15) is 12.4 Å². The maximum absolute atomic E-state index is 13.0. The Labute approximate surface area is 165 Å². The van der Waals surface area contributed by atoms with Gasteiger partial charge >= 0.3 is 0 Å². The van der Waals surface area contributed by atoms with E-state index in [1.165, 1.54) is 0 Å². The van der Waals surface area contributed by atoms with Crippen molar-refractivity contribution in [3.8, 4) is 11.4 Å². The second-order valence-corrected chi connectivity index (χ2v) is 6.51. The predicted octanol–water partition coefficient (Wildman–Crippen LogP) is 4.27. The fourth-order valence-electron chi connectivity index (χ4n) is 3.08. The van der Waals surface area contributed by atoms with Gasteiger partial charge < -0.3 is 9.64 Å². The number of carbonyl (C=O) groups excluding carboxylic acids is 1. The summed E-state index contributed by atoms with van der Waals surface area (Å²) in [5, 5.41) is 4.45. The number of nitrogens with zero attached hydrogens (tertiary/aromatic N) is 3. The number of amides is 1. The molecule has 0 unspecified atom stereocenters. The van der Waals surface area contributed by atoms with Gasteiger partial charge in [-0.15, -0.1) is 0 Å². The smallest absolute Gasteiger partial charge is 0.257 e. The third-order valence-electron chi connectivity index (χ3n) is 4.49. The molecular formula is C23H25N3O2. The van der Waals surface area contributed by atoms with Gasteiger partial charge in [0.2, 0.25) is 0 Å². The van der Waals surface area contributed by atoms with Crippen molar-refractivity contribution in [2.24, 2.45) is 0 Å². The van der Waals surface area contributed by atoms with Crippen molar-refractivity contribution in [2.45, 2.75) is 19.9 Å². The maximum atomic E-state index is 13.0. The molecule has 3 rings (SSSR count). The van der Waals surface area contributed by atoms with Crippen molar-refractivity contribution in [3.63, 3.8) is 0 Å². The standard InChI is InChI=1S/C23H25N3O2/c1-4-15-28-20-13-11-18(12-14-20)17-25(3)23(27)21-16-24-26(22(21)5-2)19-9-7-6-8-10-19/h4,6-14,16H,1,5,15,17H2,2-3H3. The lowest BCUT2D eigenvalue weighted by Gasteiger charge is -2.18. The van der Waals surface area contributed by atoms with E-state index in [1.54, 1.807) is 17.2 Å². The molecule has 1 heterocycles. The van der Waals surface area contributed by atoms with Crippen molar-refractivity contribution in [1.82, 2.24) is 14.7 Å². The largest absolute Gasteiger partial charge is 0.490 e. The summed E-state index contributed by atoms with van der Waals surface area (Å²) in [6, 6.07) is 17.6. The minimum atomic E-state index is -0.0361. The monoisotopic (exact) mass is 375 g/mol. The number of benzene rings is 2. The highest BCUT2D eigenvalue weighted by Gasteiger charge is 2.20. The van der Waals surface area contributed by atoms with E-state index in [2.05, 4.69) is 11.7 Å². The zero-order chi connectivity index (χ0) is 19.9. The molecule has 2 aromatic carbocycles. The van der Waals surface area contributed by atoms with Crippen molar-refractivity contribution < 1.29 is 9.53 Å². The summed E-state index contributed by atoms with van der Waals surface area (Å²) in [4.78, 5) is 14.7. The van der Waals surface area contributed by atoms with Gasteiger partial charge in [-0.2, -0.15) is 5.10 Å². The van der Waals surface area contributed by atoms with Gasteiger partial charge in [0.25, 0.3) is 5.91 Å². The normalized spacial score (nSPS) is 10.5. The van der Waals surface area contributed by atoms with Crippen molar-refractivity contribution >= 4 is 5.91 Å². The third kappa shape index (κ3) is 4.31. The molecular weight excluding hydrogens is 350 g/mol. The van der Waals surface area contributed by atoms with E-state index in [4.69, 9.17) is 4.74 Å². The molecule has 0 radical (unpaired) electrons. The lowest BCUT2D eigenvalue weighted by molar-refractivity contribution is 0.0784. The Kier molecular flexibility index (Phi) is 6.27. The molecule has 0 N–H and O–H groups in total. The Balaban J connectivity index is 1.74. The molecule has 0 spiro atoms. The zero-order valence-corrected chi connectivity index (χ0v) is 16.3. The maximum Gasteiger partial charge on any atom is 0.257 e. The molecule has 0 fully saturated rings. The van der Waals surface area contributed by atoms with E-state index in [1.807, 2.05) is 73.3 Å². The molecule has 0 aliphatic carbocycles. The van der Waals surface area contributed by atoms with Crippen LogP contribution in [-0.2, 0) is 13.0 Å². The fourth-order valence-corrected chi connectivity index (χ4v) is 3.08. The van der Waals surface area contributed by atoms with Gasteiger partial charge in [-0.3, -0.25) is 4.79 Å². The Hall–Kier alpha value is -3.34. The molecule has 1 aromatic heterocycles. The van der Waals surface area contributed by atoms with Crippen LogP contribution in [0.3, 0.4) is 0 Å². The van der Waals surface area contributed by atoms with Crippen LogP contribution >= 0.6 is 0 Å². The van der Waals surface area contributed by atoms with Crippen LogP contribution in [-0.4, -0.2) is 34.2 Å². The number of hydrogen-bond acceptors (Lipinski definition) is 3. The van der Waals surface area contributed by atoms with Crippen LogP contribution in [0.1, 0.15) is 28.5 Å². The first-order valence-electron chi connectivity index (χ1n) is 9.34. The average molecular weight is 375 g/mol. The van der Waals surface area contributed by atoms with Crippen LogP contribution in [0.15, 0.2) is 73.4 Å². The molecule has 3 aromatic rings. The van der Waals surface area contributed by atoms with Crippen LogP contribution in [0, 0.1) is 0 Å². The highest BCUT2D eigenvalue weighted by Crippen LogP contribution is 2.19. The zero-order valence-electron chi connectivity index (χ0n) is 16.3. The highest BCUT2D eigenvalue weighted by molar-refractivity contribution is 5.95. The summed E-state index contributed by atoms with van der Waals surface area (Å²) in [6.07, 6.45) is 4.09.